The molecule has 0 unspecified atom stereocenters. The molecule has 5 heteroatoms. The van der Waals surface area contributed by atoms with Gasteiger partial charge in [0.1, 0.15) is 0 Å². The molecule has 0 bridgehead atoms. The lowest BCUT2D eigenvalue weighted by Gasteiger charge is -2.28. The maximum absolute atomic E-state index is 13.2. The van der Waals surface area contributed by atoms with Crippen molar-refractivity contribution < 1.29 is 9.59 Å². The summed E-state index contributed by atoms with van der Waals surface area (Å²) in [6.07, 6.45) is 5.90. The average molecular weight is 394 g/mol. The van der Waals surface area contributed by atoms with Crippen molar-refractivity contribution in [3.63, 3.8) is 0 Å². The van der Waals surface area contributed by atoms with Crippen LogP contribution in [0.3, 0.4) is 0 Å². The molecule has 2 atom stereocenters. The fourth-order valence-electron chi connectivity index (χ4n) is 4.20. The molecule has 4 rings (SSSR count). The van der Waals surface area contributed by atoms with Gasteiger partial charge in [-0.25, -0.2) is 0 Å². The van der Waals surface area contributed by atoms with Crippen LogP contribution in [0.25, 0.3) is 0 Å². The lowest BCUT2D eigenvalue weighted by atomic mass is 10.1. The molecular formula is C24H31N3O2. The van der Waals surface area contributed by atoms with E-state index in [1.807, 2.05) is 42.4 Å². The minimum atomic E-state index is 0.0269. The van der Waals surface area contributed by atoms with Crippen LogP contribution in [0.1, 0.15) is 49.8 Å². The summed E-state index contributed by atoms with van der Waals surface area (Å²) >= 11 is 0. The van der Waals surface area contributed by atoms with Crippen molar-refractivity contribution >= 4 is 11.8 Å². The zero-order chi connectivity index (χ0) is 20.4. The van der Waals surface area contributed by atoms with E-state index < -0.39 is 0 Å². The third-order valence-electron chi connectivity index (χ3n) is 6.16. The Bertz CT molecular complexity index is 856. The maximum atomic E-state index is 13.2. The molecular weight excluding hydrogens is 362 g/mol. The van der Waals surface area contributed by atoms with Gasteiger partial charge < -0.3 is 14.4 Å². The fourth-order valence-corrected chi connectivity index (χ4v) is 4.20. The Morgan fingerprint density at radius 3 is 2.48 bits per heavy atom. The first-order valence-corrected chi connectivity index (χ1v) is 10.8. The van der Waals surface area contributed by atoms with Crippen molar-refractivity contribution in [2.45, 2.75) is 51.1 Å². The molecule has 0 aliphatic heterocycles. The van der Waals surface area contributed by atoms with Gasteiger partial charge in [-0.3, -0.25) is 9.59 Å². The number of nitrogens with zero attached hydrogens (tertiary/aromatic N) is 3. The molecule has 0 radical (unpaired) electrons. The number of hydrogen-bond acceptors (Lipinski definition) is 2. The highest BCUT2D eigenvalue weighted by Crippen LogP contribution is 2.48. The number of rotatable bonds is 9. The predicted octanol–water partition coefficient (Wildman–Crippen LogP) is 3.56. The van der Waals surface area contributed by atoms with E-state index in [0.717, 1.165) is 31.4 Å². The lowest BCUT2D eigenvalue weighted by molar-refractivity contribution is -0.142. The SMILES string of the molecule is CCCN(CC(=O)N(Cc1cccn1C)C1CC1)C(=O)[C@@H]1C[C@H]1c1ccccc1. The molecule has 0 N–H and O–H groups in total. The maximum Gasteiger partial charge on any atom is 0.242 e. The minimum absolute atomic E-state index is 0.0269. The van der Waals surface area contributed by atoms with E-state index >= 15 is 0 Å². The summed E-state index contributed by atoms with van der Waals surface area (Å²) in [6, 6.07) is 14.7. The summed E-state index contributed by atoms with van der Waals surface area (Å²) in [5.41, 5.74) is 2.36. The molecule has 5 nitrogen and oxygen atoms in total. The van der Waals surface area contributed by atoms with Gasteiger partial charge in [0.25, 0.3) is 0 Å². The molecule has 1 heterocycles. The number of aromatic nitrogens is 1. The first-order valence-electron chi connectivity index (χ1n) is 10.8. The van der Waals surface area contributed by atoms with E-state index in [4.69, 9.17) is 0 Å². The Morgan fingerprint density at radius 2 is 1.86 bits per heavy atom. The van der Waals surface area contributed by atoms with E-state index in [9.17, 15) is 9.59 Å². The van der Waals surface area contributed by atoms with Gasteiger partial charge in [-0.1, -0.05) is 37.3 Å². The molecule has 1 aromatic carbocycles. The van der Waals surface area contributed by atoms with Crippen molar-refractivity contribution in [2.24, 2.45) is 13.0 Å². The third-order valence-corrected chi connectivity index (χ3v) is 6.16. The van der Waals surface area contributed by atoms with Crippen LogP contribution in [0.2, 0.25) is 0 Å². The second-order valence-electron chi connectivity index (χ2n) is 8.48. The zero-order valence-electron chi connectivity index (χ0n) is 17.5. The monoisotopic (exact) mass is 393 g/mol. The van der Waals surface area contributed by atoms with Crippen LogP contribution >= 0.6 is 0 Å². The van der Waals surface area contributed by atoms with Crippen LogP contribution in [0, 0.1) is 5.92 Å². The molecule has 154 valence electrons. The lowest BCUT2D eigenvalue weighted by Crippen LogP contribution is -2.44. The standard InChI is InChI=1S/C24H31N3O2/c1-3-13-26(24(29)22-15-21(22)18-8-5-4-6-9-18)17-23(28)27(19-11-12-19)16-20-10-7-14-25(20)2/h4-10,14,19,21-22H,3,11-13,15-17H2,1-2H3/t21-,22+/m0/s1. The molecule has 29 heavy (non-hydrogen) atoms. The number of amides is 2. The third kappa shape index (κ3) is 4.55. The quantitative estimate of drug-likeness (QED) is 0.654. The van der Waals surface area contributed by atoms with Crippen LogP contribution in [0.4, 0.5) is 0 Å². The molecule has 0 spiro atoms. The van der Waals surface area contributed by atoms with Crippen LogP contribution in [-0.4, -0.2) is 45.3 Å². The highest BCUT2D eigenvalue weighted by atomic mass is 16.2. The molecule has 1 aromatic heterocycles. The van der Waals surface area contributed by atoms with E-state index in [2.05, 4.69) is 29.7 Å². The summed E-state index contributed by atoms with van der Waals surface area (Å²) in [6.45, 7) is 3.53. The summed E-state index contributed by atoms with van der Waals surface area (Å²) in [5, 5.41) is 0. The zero-order valence-corrected chi connectivity index (χ0v) is 17.5. The smallest absolute Gasteiger partial charge is 0.242 e. The van der Waals surface area contributed by atoms with Crippen LogP contribution < -0.4 is 0 Å². The van der Waals surface area contributed by atoms with Crippen LogP contribution in [0.5, 0.6) is 0 Å². The van der Waals surface area contributed by atoms with Gasteiger partial charge >= 0.3 is 0 Å². The van der Waals surface area contributed by atoms with E-state index in [0.29, 0.717) is 25.0 Å². The second kappa shape index (κ2) is 8.44. The topological polar surface area (TPSA) is 45.6 Å². The normalized spacial score (nSPS) is 20.3. The van der Waals surface area contributed by atoms with E-state index in [-0.39, 0.29) is 24.3 Å². The summed E-state index contributed by atoms with van der Waals surface area (Å²) in [4.78, 5) is 30.1. The average Bonchev–Trinajstić information content (AvgIpc) is 3.65. The Kier molecular flexibility index (Phi) is 5.74. The van der Waals surface area contributed by atoms with Crippen molar-refractivity contribution in [1.82, 2.24) is 14.4 Å². The largest absolute Gasteiger partial charge is 0.353 e. The van der Waals surface area contributed by atoms with Crippen molar-refractivity contribution in [3.05, 3.63) is 59.9 Å². The predicted molar refractivity (Wildman–Crippen MR) is 113 cm³/mol. The Morgan fingerprint density at radius 1 is 1.10 bits per heavy atom. The number of aryl methyl sites for hydroxylation is 1. The molecule has 0 saturated heterocycles. The molecule has 2 amide bonds. The second-order valence-corrected chi connectivity index (χ2v) is 8.48. The van der Waals surface area contributed by atoms with Crippen molar-refractivity contribution in [3.8, 4) is 0 Å². The van der Waals surface area contributed by atoms with Gasteiger partial charge in [0.05, 0.1) is 13.1 Å². The first kappa shape index (κ1) is 19.7. The van der Waals surface area contributed by atoms with Crippen molar-refractivity contribution in [1.29, 1.82) is 0 Å². The summed E-state index contributed by atoms with van der Waals surface area (Å²) < 4.78 is 2.06. The Labute approximate surface area is 173 Å². The van der Waals surface area contributed by atoms with Crippen molar-refractivity contribution in [2.75, 3.05) is 13.1 Å². The highest BCUT2D eigenvalue weighted by molar-refractivity contribution is 5.88. The number of benzene rings is 1. The number of carbonyl (C=O) groups excluding carboxylic acids is 2. The molecule has 2 aliphatic rings. The number of hydrogen-bond donors (Lipinski definition) is 0. The van der Waals surface area contributed by atoms with Gasteiger partial charge in [0.2, 0.25) is 11.8 Å². The molecule has 2 saturated carbocycles. The number of carbonyl (C=O) groups is 2. The van der Waals surface area contributed by atoms with Gasteiger partial charge in [0, 0.05) is 37.4 Å². The van der Waals surface area contributed by atoms with Crippen LogP contribution in [-0.2, 0) is 23.2 Å². The fraction of sp³-hybridized carbons (Fsp3) is 0.500. The minimum Gasteiger partial charge on any atom is -0.353 e. The van der Waals surface area contributed by atoms with Gasteiger partial charge in [-0.15, -0.1) is 0 Å². The van der Waals surface area contributed by atoms with Gasteiger partial charge in [0.15, 0.2) is 0 Å². The van der Waals surface area contributed by atoms with Gasteiger partial charge in [-0.05, 0) is 49.3 Å². The Hall–Kier alpha value is -2.56. The molecule has 2 aliphatic carbocycles. The Balaban J connectivity index is 1.41. The van der Waals surface area contributed by atoms with Crippen LogP contribution in [0.15, 0.2) is 48.7 Å². The van der Waals surface area contributed by atoms with E-state index in [1.54, 1.807) is 4.90 Å². The van der Waals surface area contributed by atoms with Gasteiger partial charge in [-0.2, -0.15) is 0 Å². The first-order chi connectivity index (χ1) is 14.1. The summed E-state index contributed by atoms with van der Waals surface area (Å²) in [5.74, 6) is 0.552. The molecule has 2 fully saturated rings. The molecule has 2 aromatic rings. The summed E-state index contributed by atoms with van der Waals surface area (Å²) in [7, 11) is 2.01. The van der Waals surface area contributed by atoms with E-state index in [1.165, 1.54) is 5.56 Å². The highest BCUT2D eigenvalue weighted by Gasteiger charge is 2.46.